The molecule has 0 saturated carbocycles. The van der Waals surface area contributed by atoms with Gasteiger partial charge in [0.2, 0.25) is 0 Å². The van der Waals surface area contributed by atoms with E-state index in [-0.39, 0.29) is 18.2 Å². The molecule has 4 unspecified atom stereocenters. The van der Waals surface area contributed by atoms with Gasteiger partial charge in [0.05, 0.1) is 18.8 Å². The van der Waals surface area contributed by atoms with Gasteiger partial charge in [0.25, 0.3) is 0 Å². The van der Waals surface area contributed by atoms with E-state index in [0.717, 1.165) is 57.8 Å². The molecule has 26 heavy (non-hydrogen) atoms. The lowest BCUT2D eigenvalue weighted by molar-refractivity contribution is -0.143. The van der Waals surface area contributed by atoms with Crippen LogP contribution < -0.4 is 0 Å². The molecule has 1 aliphatic rings. The van der Waals surface area contributed by atoms with Gasteiger partial charge < -0.3 is 14.9 Å². The summed E-state index contributed by atoms with van der Waals surface area (Å²) in [5.41, 5.74) is 0. The molecule has 4 atom stereocenters. The number of esters is 1. The highest BCUT2D eigenvalue weighted by atomic mass is 16.5. The van der Waals surface area contributed by atoms with Crippen LogP contribution in [0.3, 0.4) is 0 Å². The molecule has 2 N–H and O–H groups in total. The van der Waals surface area contributed by atoms with E-state index in [1.54, 1.807) is 0 Å². The number of aliphatic hydroxyl groups is 2. The van der Waals surface area contributed by atoms with E-state index >= 15 is 0 Å². The number of carbonyl (C=O) groups excluding carboxylic acids is 1. The van der Waals surface area contributed by atoms with Crippen molar-refractivity contribution < 1.29 is 19.7 Å². The van der Waals surface area contributed by atoms with Crippen LogP contribution >= 0.6 is 0 Å². The fourth-order valence-electron chi connectivity index (χ4n) is 3.89. The van der Waals surface area contributed by atoms with Gasteiger partial charge in [-0.2, -0.15) is 0 Å². The lowest BCUT2D eigenvalue weighted by Gasteiger charge is -2.23. The maximum atomic E-state index is 11.3. The Morgan fingerprint density at radius 1 is 1.00 bits per heavy atom. The predicted octanol–water partition coefficient (Wildman–Crippen LogP) is 4.77. The summed E-state index contributed by atoms with van der Waals surface area (Å²) in [5, 5.41) is 20.3. The van der Waals surface area contributed by atoms with Gasteiger partial charge in [0, 0.05) is 6.42 Å². The molecule has 152 valence electrons. The van der Waals surface area contributed by atoms with Crippen molar-refractivity contribution in [2.24, 2.45) is 11.8 Å². The predicted molar refractivity (Wildman–Crippen MR) is 106 cm³/mol. The van der Waals surface area contributed by atoms with Crippen molar-refractivity contribution >= 4 is 5.97 Å². The third-order valence-electron chi connectivity index (χ3n) is 5.49. The Kier molecular flexibility index (Phi) is 12.7. The van der Waals surface area contributed by atoms with Crippen molar-refractivity contribution in [2.75, 3.05) is 6.61 Å². The Bertz CT molecular complexity index is 394. The van der Waals surface area contributed by atoms with Gasteiger partial charge in [-0.05, 0) is 50.9 Å². The maximum absolute atomic E-state index is 11.3. The van der Waals surface area contributed by atoms with Crippen LogP contribution in [0.5, 0.6) is 0 Å². The number of unbranched alkanes of at least 4 members (excludes halogenated alkanes) is 5. The molecule has 0 aliphatic heterocycles. The van der Waals surface area contributed by atoms with E-state index in [4.69, 9.17) is 4.74 Å². The fraction of sp³-hybridized carbons (Fsp3) is 0.864. The zero-order valence-electron chi connectivity index (χ0n) is 16.9. The highest BCUT2D eigenvalue weighted by Gasteiger charge is 2.29. The maximum Gasteiger partial charge on any atom is 0.305 e. The Labute approximate surface area is 160 Å². The summed E-state index contributed by atoms with van der Waals surface area (Å²) in [6.45, 7) is 4.47. The van der Waals surface area contributed by atoms with Crippen LogP contribution in [0, 0.1) is 11.8 Å². The van der Waals surface area contributed by atoms with Crippen molar-refractivity contribution in [1.29, 1.82) is 0 Å². The van der Waals surface area contributed by atoms with Gasteiger partial charge in [-0.15, -0.1) is 0 Å². The zero-order chi connectivity index (χ0) is 19.2. The third-order valence-corrected chi connectivity index (χ3v) is 5.49. The molecule has 0 saturated heterocycles. The highest BCUT2D eigenvalue weighted by Crippen LogP contribution is 2.34. The standard InChI is InChI=1S/C22H40O4/c1-3-5-8-11-19(23)16-14-18-15-17-21(24)20(18)12-9-6-7-10-13-22(25)26-4-2/h15,17-21,23-24H,3-14,16H2,1-2H3. The van der Waals surface area contributed by atoms with Crippen molar-refractivity contribution in [3.8, 4) is 0 Å². The molecule has 4 heteroatoms. The topological polar surface area (TPSA) is 66.8 Å². The minimum absolute atomic E-state index is 0.0968. The number of rotatable bonds is 15. The second kappa shape index (κ2) is 14.2. The molecule has 0 spiro atoms. The number of hydrogen-bond acceptors (Lipinski definition) is 4. The first-order valence-corrected chi connectivity index (χ1v) is 10.8. The molecule has 1 aliphatic carbocycles. The van der Waals surface area contributed by atoms with Gasteiger partial charge in [0.1, 0.15) is 0 Å². The van der Waals surface area contributed by atoms with Crippen molar-refractivity contribution in [3.05, 3.63) is 12.2 Å². The first-order chi connectivity index (χ1) is 12.6. The van der Waals surface area contributed by atoms with Crippen molar-refractivity contribution in [3.63, 3.8) is 0 Å². The monoisotopic (exact) mass is 368 g/mol. The van der Waals surface area contributed by atoms with E-state index in [9.17, 15) is 15.0 Å². The molecule has 4 nitrogen and oxygen atoms in total. The number of allylic oxidation sites excluding steroid dienone is 1. The summed E-state index contributed by atoms with van der Waals surface area (Å²) in [6, 6.07) is 0. The normalized spacial score (nSPS) is 23.3. The van der Waals surface area contributed by atoms with Crippen LogP contribution in [0.15, 0.2) is 12.2 Å². The number of ether oxygens (including phenoxy) is 1. The van der Waals surface area contributed by atoms with Crippen molar-refractivity contribution in [1.82, 2.24) is 0 Å². The van der Waals surface area contributed by atoms with Crippen LogP contribution in [0.2, 0.25) is 0 Å². The quantitative estimate of drug-likeness (QED) is 0.248. The fourth-order valence-corrected chi connectivity index (χ4v) is 3.89. The van der Waals surface area contributed by atoms with Crippen molar-refractivity contribution in [2.45, 2.75) is 103 Å². The van der Waals surface area contributed by atoms with Crippen LogP contribution in [-0.2, 0) is 9.53 Å². The minimum atomic E-state index is -0.336. The average molecular weight is 369 g/mol. The Balaban J connectivity index is 2.16. The summed E-state index contributed by atoms with van der Waals surface area (Å²) in [5.74, 6) is 0.591. The summed E-state index contributed by atoms with van der Waals surface area (Å²) in [7, 11) is 0. The lowest BCUT2D eigenvalue weighted by Crippen LogP contribution is -2.21. The second-order valence-electron chi connectivity index (χ2n) is 7.69. The Morgan fingerprint density at radius 3 is 2.50 bits per heavy atom. The first-order valence-electron chi connectivity index (χ1n) is 10.8. The van der Waals surface area contributed by atoms with Crippen LogP contribution in [0.25, 0.3) is 0 Å². The summed E-state index contributed by atoms with van der Waals surface area (Å²) < 4.78 is 4.93. The summed E-state index contributed by atoms with van der Waals surface area (Å²) >= 11 is 0. The van der Waals surface area contributed by atoms with Gasteiger partial charge >= 0.3 is 5.97 Å². The molecule has 0 amide bonds. The van der Waals surface area contributed by atoms with Gasteiger partial charge in [-0.25, -0.2) is 0 Å². The van der Waals surface area contributed by atoms with E-state index in [1.165, 1.54) is 12.8 Å². The largest absolute Gasteiger partial charge is 0.466 e. The summed E-state index contributed by atoms with van der Waals surface area (Å²) in [4.78, 5) is 11.3. The van der Waals surface area contributed by atoms with Gasteiger partial charge in [-0.1, -0.05) is 57.6 Å². The van der Waals surface area contributed by atoms with E-state index in [1.807, 2.05) is 13.0 Å². The first kappa shape index (κ1) is 23.2. The number of aliphatic hydroxyl groups excluding tert-OH is 2. The minimum Gasteiger partial charge on any atom is -0.466 e. The molecule has 0 radical (unpaired) electrons. The summed E-state index contributed by atoms with van der Waals surface area (Å²) in [6.07, 6.45) is 15.4. The van der Waals surface area contributed by atoms with Crippen LogP contribution in [0.4, 0.5) is 0 Å². The molecule has 0 aromatic rings. The van der Waals surface area contributed by atoms with Crippen LogP contribution in [0.1, 0.15) is 90.9 Å². The van der Waals surface area contributed by atoms with E-state index in [0.29, 0.717) is 24.9 Å². The molecule has 0 bridgehead atoms. The SMILES string of the molecule is CCCCCC(O)CCC1C=CC(O)C1CCCCCCC(=O)OCC. The van der Waals surface area contributed by atoms with Gasteiger partial charge in [-0.3, -0.25) is 4.79 Å². The average Bonchev–Trinajstić information content (AvgIpc) is 2.96. The third kappa shape index (κ3) is 9.72. The van der Waals surface area contributed by atoms with Gasteiger partial charge in [0.15, 0.2) is 0 Å². The molecule has 0 fully saturated rings. The molecule has 1 rings (SSSR count). The number of carbonyl (C=O) groups is 1. The highest BCUT2D eigenvalue weighted by molar-refractivity contribution is 5.69. The zero-order valence-corrected chi connectivity index (χ0v) is 16.9. The molecular weight excluding hydrogens is 328 g/mol. The van der Waals surface area contributed by atoms with E-state index in [2.05, 4.69) is 13.0 Å². The molecule has 0 heterocycles. The van der Waals surface area contributed by atoms with Crippen LogP contribution in [-0.4, -0.2) is 35.0 Å². The second-order valence-corrected chi connectivity index (χ2v) is 7.69. The Morgan fingerprint density at radius 2 is 1.77 bits per heavy atom. The lowest BCUT2D eigenvalue weighted by atomic mass is 9.85. The number of hydrogen-bond donors (Lipinski definition) is 2. The smallest absolute Gasteiger partial charge is 0.305 e. The molecule has 0 aromatic carbocycles. The van der Waals surface area contributed by atoms with E-state index < -0.39 is 0 Å². The Hall–Kier alpha value is -0.870. The molecular formula is C22H40O4. The molecule has 0 aromatic heterocycles.